The van der Waals surface area contributed by atoms with Crippen LogP contribution in [0.25, 0.3) is 0 Å². The van der Waals surface area contributed by atoms with Crippen LogP contribution in [0.15, 0.2) is 34.7 Å². The van der Waals surface area contributed by atoms with Crippen LogP contribution < -0.4 is 5.32 Å². The Morgan fingerprint density at radius 1 is 1.32 bits per heavy atom. The first-order valence-electron chi connectivity index (χ1n) is 8.17. The number of rotatable bonds is 4. The topological polar surface area (TPSA) is 79.4 Å². The molecule has 0 saturated carbocycles. The van der Waals surface area contributed by atoms with Crippen LogP contribution >= 0.6 is 11.3 Å². The normalized spacial score (nSPS) is 18.9. The molecule has 1 fully saturated rings. The van der Waals surface area contributed by atoms with Gasteiger partial charge in [0.1, 0.15) is 10.0 Å². The molecule has 1 amide bonds. The number of anilines is 1. The second-order valence-corrected chi connectivity index (χ2v) is 9.68. The van der Waals surface area contributed by atoms with E-state index in [1.54, 1.807) is 18.3 Å². The quantitative estimate of drug-likeness (QED) is 0.886. The van der Waals surface area contributed by atoms with Gasteiger partial charge in [0.05, 0.1) is 5.92 Å². The zero-order valence-electron chi connectivity index (χ0n) is 14.2. The number of thiophene rings is 1. The number of piperidine rings is 1. The number of amides is 1. The molecule has 6 nitrogen and oxygen atoms in total. The van der Waals surface area contributed by atoms with Crippen molar-refractivity contribution < 1.29 is 13.2 Å². The molecule has 1 atom stereocenters. The van der Waals surface area contributed by atoms with E-state index in [1.165, 1.54) is 15.6 Å². The molecule has 0 aliphatic carbocycles. The number of pyridine rings is 1. The summed E-state index contributed by atoms with van der Waals surface area (Å²) >= 11 is 1.26. The molecule has 2 aromatic heterocycles. The minimum absolute atomic E-state index is 0.177. The average molecular weight is 380 g/mol. The van der Waals surface area contributed by atoms with Crippen molar-refractivity contribution >= 4 is 33.1 Å². The van der Waals surface area contributed by atoms with E-state index in [2.05, 4.69) is 10.3 Å². The molecule has 0 unspecified atom stereocenters. The predicted molar refractivity (Wildman–Crippen MR) is 98.1 cm³/mol. The van der Waals surface area contributed by atoms with E-state index in [0.29, 0.717) is 29.4 Å². The SMILES string of the molecule is Cc1ccc(S(=O)(=O)N2CCC[C@@H](C(=O)Nc3ncccc3C)C2)s1. The van der Waals surface area contributed by atoms with Crippen molar-refractivity contribution in [3.63, 3.8) is 0 Å². The molecule has 2 aromatic rings. The van der Waals surface area contributed by atoms with E-state index in [1.807, 2.05) is 26.0 Å². The molecular weight excluding hydrogens is 358 g/mol. The number of aryl methyl sites for hydroxylation is 2. The van der Waals surface area contributed by atoms with Gasteiger partial charge in [-0.15, -0.1) is 11.3 Å². The highest BCUT2D eigenvalue weighted by atomic mass is 32.2. The number of sulfonamides is 1. The molecule has 1 saturated heterocycles. The zero-order chi connectivity index (χ0) is 18.0. The van der Waals surface area contributed by atoms with Crippen molar-refractivity contribution in [2.45, 2.75) is 30.9 Å². The van der Waals surface area contributed by atoms with Gasteiger partial charge in [-0.2, -0.15) is 4.31 Å². The van der Waals surface area contributed by atoms with Gasteiger partial charge in [0.2, 0.25) is 5.91 Å². The predicted octanol–water partition coefficient (Wildman–Crippen LogP) is 2.80. The Morgan fingerprint density at radius 2 is 2.12 bits per heavy atom. The molecule has 1 aliphatic heterocycles. The molecule has 3 heterocycles. The fraction of sp³-hybridized carbons (Fsp3) is 0.412. The summed E-state index contributed by atoms with van der Waals surface area (Å²) in [6, 6.07) is 7.12. The molecule has 0 bridgehead atoms. The number of nitrogens with zero attached hydrogens (tertiary/aromatic N) is 2. The van der Waals surface area contributed by atoms with Crippen LogP contribution in [0.2, 0.25) is 0 Å². The second-order valence-electron chi connectivity index (χ2n) is 6.23. The summed E-state index contributed by atoms with van der Waals surface area (Å²) in [7, 11) is -3.53. The summed E-state index contributed by atoms with van der Waals surface area (Å²) < 4.78 is 27.3. The van der Waals surface area contributed by atoms with Gasteiger partial charge in [0.25, 0.3) is 10.0 Å². The molecule has 3 rings (SSSR count). The third-order valence-corrected chi connectivity index (χ3v) is 7.65. The molecular formula is C17H21N3O3S2. The van der Waals surface area contributed by atoms with Gasteiger partial charge in [0, 0.05) is 24.2 Å². The summed E-state index contributed by atoms with van der Waals surface area (Å²) in [5.74, 6) is -0.0172. The van der Waals surface area contributed by atoms with E-state index in [4.69, 9.17) is 0 Å². The van der Waals surface area contributed by atoms with Crippen LogP contribution in [0.5, 0.6) is 0 Å². The maximum Gasteiger partial charge on any atom is 0.252 e. The second kappa shape index (κ2) is 7.23. The van der Waals surface area contributed by atoms with Gasteiger partial charge < -0.3 is 5.32 Å². The largest absolute Gasteiger partial charge is 0.310 e. The molecule has 134 valence electrons. The Hall–Kier alpha value is -1.77. The molecule has 1 N–H and O–H groups in total. The lowest BCUT2D eigenvalue weighted by atomic mass is 9.99. The van der Waals surface area contributed by atoms with E-state index in [9.17, 15) is 13.2 Å². The molecule has 25 heavy (non-hydrogen) atoms. The van der Waals surface area contributed by atoms with Gasteiger partial charge in [-0.25, -0.2) is 13.4 Å². The van der Waals surface area contributed by atoms with Gasteiger partial charge >= 0.3 is 0 Å². The molecule has 1 aliphatic rings. The zero-order valence-corrected chi connectivity index (χ0v) is 15.9. The van der Waals surface area contributed by atoms with Crippen LogP contribution in [-0.4, -0.2) is 36.7 Å². The van der Waals surface area contributed by atoms with Crippen LogP contribution in [0.3, 0.4) is 0 Å². The number of aromatic nitrogens is 1. The lowest BCUT2D eigenvalue weighted by molar-refractivity contribution is -0.120. The molecule has 8 heteroatoms. The van der Waals surface area contributed by atoms with E-state index >= 15 is 0 Å². The van der Waals surface area contributed by atoms with Crippen molar-refractivity contribution in [3.05, 3.63) is 40.9 Å². The Bertz CT molecular complexity index is 877. The number of carbonyl (C=O) groups excluding carboxylic acids is 1. The Kier molecular flexibility index (Phi) is 5.21. The van der Waals surface area contributed by atoms with Gasteiger partial charge in [0.15, 0.2) is 0 Å². The fourth-order valence-corrected chi connectivity index (χ4v) is 5.85. The lowest BCUT2D eigenvalue weighted by Gasteiger charge is -2.30. The fourth-order valence-electron chi connectivity index (χ4n) is 2.89. The van der Waals surface area contributed by atoms with Crippen LogP contribution in [-0.2, 0) is 14.8 Å². The highest BCUT2D eigenvalue weighted by Crippen LogP contribution is 2.28. The highest BCUT2D eigenvalue weighted by molar-refractivity contribution is 7.91. The monoisotopic (exact) mass is 379 g/mol. The molecule has 0 aromatic carbocycles. The summed E-state index contributed by atoms with van der Waals surface area (Å²) in [4.78, 5) is 17.7. The van der Waals surface area contributed by atoms with E-state index < -0.39 is 10.0 Å². The van der Waals surface area contributed by atoms with Crippen LogP contribution in [0, 0.1) is 19.8 Å². The van der Waals surface area contributed by atoms with Gasteiger partial charge in [-0.1, -0.05) is 6.07 Å². The average Bonchev–Trinajstić information content (AvgIpc) is 3.04. The smallest absolute Gasteiger partial charge is 0.252 e. The first-order chi connectivity index (χ1) is 11.9. The summed E-state index contributed by atoms with van der Waals surface area (Å²) in [5, 5.41) is 2.83. The van der Waals surface area contributed by atoms with Gasteiger partial charge in [-0.3, -0.25) is 4.79 Å². The Labute approximate surface area is 151 Å². The number of hydrogen-bond acceptors (Lipinski definition) is 5. The summed E-state index contributed by atoms with van der Waals surface area (Å²) in [5.41, 5.74) is 0.880. The Morgan fingerprint density at radius 3 is 2.80 bits per heavy atom. The van der Waals surface area contributed by atoms with Crippen molar-refractivity contribution in [2.24, 2.45) is 5.92 Å². The standard InChI is InChI=1S/C17H21N3O3S2/c1-12-5-3-9-18-16(12)19-17(21)14-6-4-10-20(11-14)25(22,23)15-8-7-13(2)24-15/h3,5,7-9,14H,4,6,10-11H2,1-2H3,(H,18,19,21)/t14-/m1/s1. The molecule has 0 spiro atoms. The summed E-state index contributed by atoms with van der Waals surface area (Å²) in [6.45, 7) is 4.41. The molecule has 0 radical (unpaired) electrons. The third kappa shape index (κ3) is 3.91. The number of carbonyl (C=O) groups is 1. The van der Waals surface area contributed by atoms with Crippen LogP contribution in [0.1, 0.15) is 23.3 Å². The van der Waals surface area contributed by atoms with Crippen molar-refractivity contribution in [3.8, 4) is 0 Å². The first kappa shape index (κ1) is 18.0. The minimum atomic E-state index is -3.53. The maximum absolute atomic E-state index is 12.8. The highest BCUT2D eigenvalue weighted by Gasteiger charge is 2.34. The van der Waals surface area contributed by atoms with E-state index in [0.717, 1.165) is 10.4 Å². The van der Waals surface area contributed by atoms with Crippen molar-refractivity contribution in [2.75, 3.05) is 18.4 Å². The van der Waals surface area contributed by atoms with Crippen LogP contribution in [0.4, 0.5) is 5.82 Å². The number of hydrogen-bond donors (Lipinski definition) is 1. The Balaban J connectivity index is 1.73. The summed E-state index contributed by atoms with van der Waals surface area (Å²) in [6.07, 6.45) is 2.97. The van der Waals surface area contributed by atoms with E-state index in [-0.39, 0.29) is 18.4 Å². The third-order valence-electron chi connectivity index (χ3n) is 4.32. The maximum atomic E-state index is 12.8. The van der Waals surface area contributed by atoms with Crippen molar-refractivity contribution in [1.29, 1.82) is 0 Å². The first-order valence-corrected chi connectivity index (χ1v) is 10.4. The van der Waals surface area contributed by atoms with Crippen molar-refractivity contribution in [1.82, 2.24) is 9.29 Å². The minimum Gasteiger partial charge on any atom is -0.310 e. The lowest BCUT2D eigenvalue weighted by Crippen LogP contribution is -2.43. The number of nitrogens with one attached hydrogen (secondary N) is 1. The van der Waals surface area contributed by atoms with Gasteiger partial charge in [-0.05, 0) is 50.5 Å².